The van der Waals surface area contributed by atoms with Gasteiger partial charge in [0.15, 0.2) is 6.61 Å². The fourth-order valence-corrected chi connectivity index (χ4v) is 5.23. The Hall–Kier alpha value is -4.84. The predicted octanol–water partition coefficient (Wildman–Crippen LogP) is 7.37. The van der Waals surface area contributed by atoms with E-state index in [1.54, 1.807) is 6.92 Å². The summed E-state index contributed by atoms with van der Waals surface area (Å²) in [5.74, 6) is -1.34. The third kappa shape index (κ3) is 9.41. The molecular weight excluding hydrogens is 681 g/mol. The number of methoxy groups -OCH3 is 1. The molecule has 1 aliphatic rings. The van der Waals surface area contributed by atoms with Crippen molar-refractivity contribution in [1.82, 2.24) is 15.0 Å². The number of aryl methyl sites for hydroxylation is 1. The molecule has 0 saturated heterocycles. The summed E-state index contributed by atoms with van der Waals surface area (Å²) in [6, 6.07) is 2.24. The molecule has 3 aromatic rings. The van der Waals surface area contributed by atoms with Gasteiger partial charge >= 0.3 is 30.6 Å². The number of benzene rings is 1. The van der Waals surface area contributed by atoms with Gasteiger partial charge in [0, 0.05) is 31.1 Å². The van der Waals surface area contributed by atoms with Gasteiger partial charge in [-0.2, -0.15) is 39.5 Å². The normalized spacial score (nSPS) is 16.6. The van der Waals surface area contributed by atoms with E-state index in [2.05, 4.69) is 25.0 Å². The topological polar surface area (TPSA) is 127 Å². The third-order valence-electron chi connectivity index (χ3n) is 7.46. The predicted molar refractivity (Wildman–Crippen MR) is 153 cm³/mol. The van der Waals surface area contributed by atoms with E-state index in [0.29, 0.717) is 12.1 Å². The number of carbonyl (C=O) groups excluding carboxylic acids is 1. The van der Waals surface area contributed by atoms with Gasteiger partial charge in [0.1, 0.15) is 0 Å². The second kappa shape index (κ2) is 14.3. The summed E-state index contributed by atoms with van der Waals surface area (Å²) in [5.41, 5.74) is -3.22. The fourth-order valence-electron chi connectivity index (χ4n) is 5.23. The van der Waals surface area contributed by atoms with Gasteiger partial charge in [-0.3, -0.25) is 9.69 Å². The Morgan fingerprint density at radius 3 is 2.20 bits per heavy atom. The number of rotatable bonds is 10. The van der Waals surface area contributed by atoms with Crippen LogP contribution < -0.4 is 15.0 Å². The smallest absolute Gasteiger partial charge is 0.422 e. The number of nitrogens with one attached hydrogen (secondary N) is 1. The van der Waals surface area contributed by atoms with Crippen molar-refractivity contribution >= 4 is 23.7 Å². The van der Waals surface area contributed by atoms with Crippen LogP contribution in [0.5, 0.6) is 5.88 Å². The summed E-state index contributed by atoms with van der Waals surface area (Å²) in [6.07, 6.45) is -16.0. The second-order valence-electron chi connectivity index (χ2n) is 10.9. The number of carboxylic acid groups (broad SMARTS) is 1. The van der Waals surface area contributed by atoms with E-state index in [0.717, 1.165) is 4.90 Å². The number of halogens is 9. The van der Waals surface area contributed by atoms with Crippen LogP contribution in [-0.2, 0) is 34.7 Å². The third-order valence-corrected chi connectivity index (χ3v) is 7.46. The highest BCUT2D eigenvalue weighted by Crippen LogP contribution is 2.41. The van der Waals surface area contributed by atoms with E-state index in [4.69, 9.17) is 4.74 Å². The first-order valence-corrected chi connectivity index (χ1v) is 14.5. The van der Waals surface area contributed by atoms with E-state index >= 15 is 0 Å². The number of pyridine rings is 1. The van der Waals surface area contributed by atoms with Gasteiger partial charge in [-0.1, -0.05) is 6.92 Å². The number of nitrogens with zero attached hydrogens (tertiary/aromatic N) is 4. The van der Waals surface area contributed by atoms with Gasteiger partial charge in [-0.15, -0.1) is 0 Å². The number of hydrogen-bond acceptors (Lipinski definition) is 8. The SMILES string of the molecule is CC[C@@H]1C[C@H](Nc2ncc(CCC(=O)O)c(Cc3cc(C(F)(F)F)cc(C(F)(F)F)c3)n2)c2nc(OC)ccc2N1C(=O)OCC(F)(F)F. The lowest BCUT2D eigenvalue weighted by Gasteiger charge is -2.39. The molecule has 0 saturated carbocycles. The van der Waals surface area contributed by atoms with Crippen molar-refractivity contribution in [1.29, 1.82) is 0 Å². The summed E-state index contributed by atoms with van der Waals surface area (Å²) in [4.78, 5) is 38.0. The second-order valence-corrected chi connectivity index (χ2v) is 10.9. The van der Waals surface area contributed by atoms with Crippen LogP contribution in [0.15, 0.2) is 36.5 Å². The van der Waals surface area contributed by atoms with Crippen LogP contribution in [0.1, 0.15) is 65.9 Å². The Bertz CT molecular complexity index is 1650. The van der Waals surface area contributed by atoms with Crippen molar-refractivity contribution < 1.29 is 63.7 Å². The molecule has 1 aromatic carbocycles. The molecule has 4 rings (SSSR count). The lowest BCUT2D eigenvalue weighted by Crippen LogP contribution is -2.47. The molecule has 0 radical (unpaired) electrons. The van der Waals surface area contributed by atoms with Crippen LogP contribution in [-0.4, -0.2) is 58.1 Å². The molecule has 266 valence electrons. The van der Waals surface area contributed by atoms with Crippen molar-refractivity contribution in [2.75, 3.05) is 23.9 Å². The standard InChI is InChI=1S/C30H28F9N5O5/c1-3-19-12-21(25-22(5-6-23(43-25)48-2)44(19)27(47)49-14-28(31,32)33)42-26-40-13-16(4-7-24(45)46)20(41-26)10-15-8-17(29(34,35)36)11-18(9-15)30(37,38)39/h5-6,8-9,11,13,19,21H,3-4,7,10,12,14H2,1-2H3,(H,45,46)(H,40,41,42)/t19-,21+/m1/s1. The highest BCUT2D eigenvalue weighted by Gasteiger charge is 2.40. The number of alkyl halides is 9. The first-order valence-electron chi connectivity index (χ1n) is 14.5. The molecule has 0 unspecified atom stereocenters. The van der Waals surface area contributed by atoms with Gasteiger partial charge in [-0.05, 0) is 54.7 Å². The zero-order chi connectivity index (χ0) is 36.3. The van der Waals surface area contributed by atoms with Crippen LogP contribution >= 0.6 is 0 Å². The van der Waals surface area contributed by atoms with Crippen molar-refractivity contribution in [2.24, 2.45) is 0 Å². The molecule has 2 N–H and O–H groups in total. The van der Waals surface area contributed by atoms with Gasteiger partial charge in [-0.25, -0.2) is 19.7 Å². The average Bonchev–Trinajstić information content (AvgIpc) is 3.01. The molecule has 0 aliphatic carbocycles. The van der Waals surface area contributed by atoms with Crippen molar-refractivity contribution in [3.05, 3.63) is 70.2 Å². The first-order chi connectivity index (χ1) is 22.8. The lowest BCUT2D eigenvalue weighted by molar-refractivity contribution is -0.160. The van der Waals surface area contributed by atoms with Crippen LogP contribution in [0, 0.1) is 0 Å². The molecule has 49 heavy (non-hydrogen) atoms. The molecule has 2 atom stereocenters. The summed E-state index contributed by atoms with van der Waals surface area (Å²) in [7, 11) is 1.30. The summed E-state index contributed by atoms with van der Waals surface area (Å²) < 4.78 is 129. The Kier molecular flexibility index (Phi) is 10.8. The Morgan fingerprint density at radius 2 is 1.65 bits per heavy atom. The molecule has 0 fully saturated rings. The maximum absolute atomic E-state index is 13.5. The van der Waals surface area contributed by atoms with Crippen molar-refractivity contribution in [3.63, 3.8) is 0 Å². The molecule has 0 bridgehead atoms. The molecule has 0 spiro atoms. The lowest BCUT2D eigenvalue weighted by atomic mass is 9.93. The average molecular weight is 710 g/mol. The number of carbonyl (C=O) groups is 2. The monoisotopic (exact) mass is 709 g/mol. The van der Waals surface area contributed by atoms with Crippen LogP contribution in [0.3, 0.4) is 0 Å². The van der Waals surface area contributed by atoms with Crippen molar-refractivity contribution in [3.8, 4) is 5.88 Å². The molecule has 2 aromatic heterocycles. The van der Waals surface area contributed by atoms with Gasteiger partial charge in [0.05, 0.1) is 41.4 Å². The fraction of sp³-hybridized carbons (Fsp3) is 0.433. The summed E-state index contributed by atoms with van der Waals surface area (Å²) >= 11 is 0. The molecule has 10 nitrogen and oxygen atoms in total. The highest BCUT2D eigenvalue weighted by atomic mass is 19.4. The summed E-state index contributed by atoms with van der Waals surface area (Å²) in [5, 5.41) is 12.2. The van der Waals surface area contributed by atoms with E-state index in [-0.39, 0.29) is 59.8 Å². The quantitative estimate of drug-likeness (QED) is 0.208. The van der Waals surface area contributed by atoms with E-state index < -0.39 is 78.8 Å². The van der Waals surface area contributed by atoms with Crippen molar-refractivity contribution in [2.45, 2.75) is 69.6 Å². The number of ether oxygens (including phenoxy) is 2. The number of aromatic nitrogens is 3. The van der Waals surface area contributed by atoms with E-state index in [9.17, 15) is 54.2 Å². The number of amides is 1. The zero-order valence-corrected chi connectivity index (χ0v) is 25.6. The van der Waals surface area contributed by atoms with E-state index in [1.807, 2.05) is 0 Å². The number of fused-ring (bicyclic) bond motifs is 1. The maximum atomic E-state index is 13.5. The number of carboxylic acids is 1. The number of anilines is 2. The Balaban J connectivity index is 1.74. The van der Waals surface area contributed by atoms with E-state index in [1.165, 1.54) is 25.4 Å². The van der Waals surface area contributed by atoms with Crippen LogP contribution in [0.4, 0.5) is 55.9 Å². The van der Waals surface area contributed by atoms with Gasteiger partial charge < -0.3 is 19.9 Å². The minimum absolute atomic E-state index is 0.0179. The number of hydrogen-bond donors (Lipinski definition) is 2. The molecule has 1 aliphatic heterocycles. The maximum Gasteiger partial charge on any atom is 0.422 e. The van der Waals surface area contributed by atoms with Gasteiger partial charge in [0.25, 0.3) is 0 Å². The molecule has 3 heterocycles. The molecular formula is C30H28F9N5O5. The first kappa shape index (κ1) is 37.0. The van der Waals surface area contributed by atoms with Crippen LogP contribution in [0.2, 0.25) is 0 Å². The molecule has 1 amide bonds. The Labute approximate surface area is 272 Å². The minimum Gasteiger partial charge on any atom is -0.481 e. The number of aliphatic carboxylic acids is 1. The highest BCUT2D eigenvalue weighted by molar-refractivity contribution is 5.90. The van der Waals surface area contributed by atoms with Gasteiger partial charge in [0.2, 0.25) is 11.8 Å². The summed E-state index contributed by atoms with van der Waals surface area (Å²) in [6.45, 7) is -0.162. The largest absolute Gasteiger partial charge is 0.481 e. The van der Waals surface area contributed by atoms with Crippen LogP contribution in [0.25, 0.3) is 0 Å². The molecule has 19 heteroatoms. The Morgan fingerprint density at radius 1 is 1.00 bits per heavy atom. The minimum atomic E-state index is -5.11. The zero-order valence-electron chi connectivity index (χ0n) is 25.6.